The van der Waals surface area contributed by atoms with Crippen LogP contribution in [0, 0.1) is 0 Å². The Hall–Kier alpha value is -3.54. The molecule has 138 valence electrons. The molecular formula is C21H21N3O3. The molecule has 0 unspecified atom stereocenters. The van der Waals surface area contributed by atoms with Gasteiger partial charge in [0.1, 0.15) is 11.5 Å². The maximum absolute atomic E-state index is 12.5. The van der Waals surface area contributed by atoms with Crippen LogP contribution in [-0.2, 0) is 6.54 Å². The van der Waals surface area contributed by atoms with Crippen LogP contribution in [-0.4, -0.2) is 25.1 Å². The minimum atomic E-state index is -0.239. The van der Waals surface area contributed by atoms with E-state index in [1.54, 1.807) is 38.6 Å². The fourth-order valence-corrected chi connectivity index (χ4v) is 2.61. The smallest absolute Gasteiger partial charge is 0.257 e. The number of nitrogens with one attached hydrogen (secondary N) is 2. The van der Waals surface area contributed by atoms with Gasteiger partial charge < -0.3 is 20.1 Å². The molecule has 2 aromatic carbocycles. The third-order valence-corrected chi connectivity index (χ3v) is 4.00. The average molecular weight is 363 g/mol. The molecule has 6 nitrogen and oxygen atoms in total. The Labute approximate surface area is 158 Å². The van der Waals surface area contributed by atoms with E-state index < -0.39 is 0 Å². The molecule has 1 amide bonds. The first-order valence-electron chi connectivity index (χ1n) is 8.46. The lowest BCUT2D eigenvalue weighted by molar-refractivity contribution is 0.102. The molecule has 0 radical (unpaired) electrons. The van der Waals surface area contributed by atoms with E-state index in [2.05, 4.69) is 15.6 Å². The van der Waals surface area contributed by atoms with Gasteiger partial charge in [-0.3, -0.25) is 9.78 Å². The van der Waals surface area contributed by atoms with Crippen molar-refractivity contribution < 1.29 is 14.3 Å². The molecule has 0 aliphatic heterocycles. The predicted molar refractivity (Wildman–Crippen MR) is 106 cm³/mol. The van der Waals surface area contributed by atoms with Crippen molar-refractivity contribution in [3.05, 3.63) is 78.1 Å². The van der Waals surface area contributed by atoms with E-state index in [0.717, 1.165) is 17.0 Å². The number of anilines is 2. The first-order chi connectivity index (χ1) is 13.2. The Morgan fingerprint density at radius 2 is 1.81 bits per heavy atom. The van der Waals surface area contributed by atoms with Crippen molar-refractivity contribution in [1.29, 1.82) is 0 Å². The lowest BCUT2D eigenvalue weighted by atomic mass is 10.2. The van der Waals surface area contributed by atoms with E-state index in [1.165, 1.54) is 6.20 Å². The predicted octanol–water partition coefficient (Wildman–Crippen LogP) is 3.96. The molecule has 0 bridgehead atoms. The van der Waals surface area contributed by atoms with Crippen molar-refractivity contribution >= 4 is 17.3 Å². The average Bonchev–Trinajstić information content (AvgIpc) is 2.72. The van der Waals surface area contributed by atoms with Gasteiger partial charge in [0.2, 0.25) is 0 Å². The second-order valence-corrected chi connectivity index (χ2v) is 5.81. The molecule has 27 heavy (non-hydrogen) atoms. The van der Waals surface area contributed by atoms with Crippen LogP contribution in [0.4, 0.5) is 11.4 Å². The number of hydrogen-bond donors (Lipinski definition) is 2. The van der Waals surface area contributed by atoms with Gasteiger partial charge in [-0.2, -0.15) is 0 Å². The molecule has 1 heterocycles. The molecule has 0 aliphatic rings. The summed E-state index contributed by atoms with van der Waals surface area (Å²) < 4.78 is 10.5. The number of methoxy groups -OCH3 is 2. The van der Waals surface area contributed by atoms with Crippen LogP contribution < -0.4 is 20.1 Å². The van der Waals surface area contributed by atoms with E-state index in [0.29, 0.717) is 23.5 Å². The van der Waals surface area contributed by atoms with Crippen molar-refractivity contribution in [3.8, 4) is 11.5 Å². The lowest BCUT2D eigenvalue weighted by Crippen LogP contribution is -2.13. The number of carbonyl (C=O) groups excluding carboxylic acids is 1. The van der Waals surface area contributed by atoms with Crippen LogP contribution in [0.2, 0.25) is 0 Å². The molecule has 1 aromatic heterocycles. The number of amides is 1. The molecule has 6 heteroatoms. The van der Waals surface area contributed by atoms with Gasteiger partial charge in [-0.05, 0) is 24.3 Å². The lowest BCUT2D eigenvalue weighted by Gasteiger charge is -2.11. The van der Waals surface area contributed by atoms with Crippen LogP contribution in [0.3, 0.4) is 0 Å². The zero-order valence-electron chi connectivity index (χ0n) is 15.2. The third kappa shape index (κ3) is 4.76. The number of pyridine rings is 1. The number of carbonyl (C=O) groups is 1. The van der Waals surface area contributed by atoms with Gasteiger partial charge >= 0.3 is 0 Å². The standard InChI is InChI=1S/C21H21N3O3/c1-26-19-8-5-7-17(11-19)24-21(25)16-10-18(14-22-12-16)23-13-15-6-3-4-9-20(15)27-2/h3-12,14,23H,13H2,1-2H3,(H,24,25). The molecule has 0 spiro atoms. The monoisotopic (exact) mass is 363 g/mol. The first-order valence-corrected chi connectivity index (χ1v) is 8.46. The zero-order chi connectivity index (χ0) is 19.1. The number of rotatable bonds is 7. The van der Waals surface area contributed by atoms with Crippen LogP contribution >= 0.6 is 0 Å². The Morgan fingerprint density at radius 1 is 0.963 bits per heavy atom. The maximum atomic E-state index is 12.5. The fourth-order valence-electron chi connectivity index (χ4n) is 2.61. The molecule has 0 saturated heterocycles. The summed E-state index contributed by atoms with van der Waals surface area (Å²) in [5, 5.41) is 6.12. The van der Waals surface area contributed by atoms with Crippen molar-refractivity contribution in [2.45, 2.75) is 6.54 Å². The van der Waals surface area contributed by atoms with Crippen molar-refractivity contribution in [1.82, 2.24) is 4.98 Å². The molecule has 3 rings (SSSR count). The highest BCUT2D eigenvalue weighted by Gasteiger charge is 2.09. The summed E-state index contributed by atoms with van der Waals surface area (Å²) in [6.45, 7) is 0.562. The SMILES string of the molecule is COc1cccc(NC(=O)c2cncc(NCc3ccccc3OC)c2)c1. The summed E-state index contributed by atoms with van der Waals surface area (Å²) in [6, 6.07) is 16.7. The van der Waals surface area contributed by atoms with Crippen LogP contribution in [0.25, 0.3) is 0 Å². The highest BCUT2D eigenvalue weighted by Crippen LogP contribution is 2.20. The molecule has 0 aliphatic carbocycles. The van der Waals surface area contributed by atoms with Crippen molar-refractivity contribution in [3.63, 3.8) is 0 Å². The van der Waals surface area contributed by atoms with E-state index in [4.69, 9.17) is 9.47 Å². The molecular weight excluding hydrogens is 342 g/mol. The zero-order valence-corrected chi connectivity index (χ0v) is 15.2. The van der Waals surface area contributed by atoms with E-state index in [9.17, 15) is 4.79 Å². The normalized spacial score (nSPS) is 10.1. The topological polar surface area (TPSA) is 72.5 Å². The van der Waals surface area contributed by atoms with E-state index >= 15 is 0 Å². The van der Waals surface area contributed by atoms with E-state index in [1.807, 2.05) is 36.4 Å². The van der Waals surface area contributed by atoms with Crippen LogP contribution in [0.5, 0.6) is 11.5 Å². The Morgan fingerprint density at radius 3 is 2.63 bits per heavy atom. The largest absolute Gasteiger partial charge is 0.497 e. The molecule has 0 saturated carbocycles. The summed E-state index contributed by atoms with van der Waals surface area (Å²) in [7, 11) is 3.23. The third-order valence-electron chi connectivity index (χ3n) is 4.00. The summed E-state index contributed by atoms with van der Waals surface area (Å²) >= 11 is 0. The van der Waals surface area contributed by atoms with Gasteiger partial charge in [-0.25, -0.2) is 0 Å². The quantitative estimate of drug-likeness (QED) is 0.665. The van der Waals surface area contributed by atoms with Crippen LogP contribution in [0.1, 0.15) is 15.9 Å². The van der Waals surface area contributed by atoms with E-state index in [-0.39, 0.29) is 5.91 Å². The number of aromatic nitrogens is 1. The van der Waals surface area contributed by atoms with Gasteiger partial charge in [0.05, 0.1) is 25.5 Å². The fraction of sp³-hybridized carbons (Fsp3) is 0.143. The highest BCUT2D eigenvalue weighted by molar-refractivity contribution is 6.04. The van der Waals surface area contributed by atoms with Gasteiger partial charge in [-0.1, -0.05) is 24.3 Å². The first kappa shape index (κ1) is 18.3. The molecule has 0 fully saturated rings. The highest BCUT2D eigenvalue weighted by atomic mass is 16.5. The number of para-hydroxylation sites is 1. The van der Waals surface area contributed by atoms with Gasteiger partial charge in [-0.15, -0.1) is 0 Å². The molecule has 2 N–H and O–H groups in total. The van der Waals surface area contributed by atoms with Crippen molar-refractivity contribution in [2.75, 3.05) is 24.9 Å². The minimum absolute atomic E-state index is 0.239. The minimum Gasteiger partial charge on any atom is -0.497 e. The second-order valence-electron chi connectivity index (χ2n) is 5.81. The molecule has 3 aromatic rings. The number of hydrogen-bond acceptors (Lipinski definition) is 5. The summed E-state index contributed by atoms with van der Waals surface area (Å²) in [4.78, 5) is 16.7. The van der Waals surface area contributed by atoms with Crippen LogP contribution in [0.15, 0.2) is 67.0 Å². The van der Waals surface area contributed by atoms with Gasteiger partial charge in [0.15, 0.2) is 0 Å². The maximum Gasteiger partial charge on any atom is 0.257 e. The Kier molecular flexibility index (Phi) is 5.89. The molecule has 0 atom stereocenters. The number of ether oxygens (including phenoxy) is 2. The van der Waals surface area contributed by atoms with Crippen molar-refractivity contribution in [2.24, 2.45) is 0 Å². The Bertz CT molecular complexity index is 928. The Balaban J connectivity index is 1.68. The number of benzene rings is 2. The summed E-state index contributed by atoms with van der Waals surface area (Å²) in [5.74, 6) is 1.25. The summed E-state index contributed by atoms with van der Waals surface area (Å²) in [6.07, 6.45) is 3.21. The summed E-state index contributed by atoms with van der Waals surface area (Å²) in [5.41, 5.74) is 2.89. The number of nitrogens with zero attached hydrogens (tertiary/aromatic N) is 1. The van der Waals surface area contributed by atoms with Gasteiger partial charge in [0.25, 0.3) is 5.91 Å². The van der Waals surface area contributed by atoms with Gasteiger partial charge in [0, 0.05) is 36.3 Å². The second kappa shape index (κ2) is 8.71.